The summed E-state index contributed by atoms with van der Waals surface area (Å²) < 4.78 is 0. The van der Waals surface area contributed by atoms with Crippen LogP contribution < -0.4 is 10.6 Å². The number of nitrogens with zero attached hydrogens (tertiary/aromatic N) is 2. The number of thiazole rings is 1. The van der Waals surface area contributed by atoms with E-state index in [-0.39, 0.29) is 11.9 Å². The van der Waals surface area contributed by atoms with E-state index in [1.807, 2.05) is 10.3 Å². The van der Waals surface area contributed by atoms with E-state index in [1.165, 1.54) is 11.3 Å². The number of rotatable bonds is 2. The van der Waals surface area contributed by atoms with Gasteiger partial charge in [0, 0.05) is 18.1 Å². The fourth-order valence-electron chi connectivity index (χ4n) is 1.27. The molecule has 0 aliphatic carbocycles. The van der Waals surface area contributed by atoms with Crippen molar-refractivity contribution in [1.29, 1.82) is 0 Å². The molecule has 2 N–H and O–H groups in total. The van der Waals surface area contributed by atoms with Gasteiger partial charge in [0.15, 0.2) is 5.13 Å². The highest BCUT2D eigenvalue weighted by Crippen LogP contribution is 2.27. The molecule has 0 saturated carbocycles. The molecule has 5 heteroatoms. The average Bonchev–Trinajstić information content (AvgIpc) is 2.35. The highest BCUT2D eigenvalue weighted by atomic mass is 32.1. The predicted octanol–water partition coefficient (Wildman–Crippen LogP) is 0.207. The zero-order valence-corrected chi connectivity index (χ0v) is 7.25. The van der Waals surface area contributed by atoms with Gasteiger partial charge in [0.1, 0.15) is 6.04 Å². The molecular weight excluding hydrogens is 174 g/mol. The van der Waals surface area contributed by atoms with Crippen LogP contribution in [-0.4, -0.2) is 23.5 Å². The minimum Gasteiger partial charge on any atom is -0.368 e. The molecule has 1 aromatic heterocycles. The number of carbonyl (C=O) groups excluding carboxylic acids is 1. The van der Waals surface area contributed by atoms with Crippen LogP contribution in [0.15, 0.2) is 11.6 Å². The third kappa shape index (κ3) is 1.06. The van der Waals surface area contributed by atoms with E-state index in [4.69, 9.17) is 5.73 Å². The van der Waals surface area contributed by atoms with E-state index < -0.39 is 0 Å². The van der Waals surface area contributed by atoms with Gasteiger partial charge in [0.2, 0.25) is 5.91 Å². The van der Waals surface area contributed by atoms with Crippen molar-refractivity contribution in [2.24, 2.45) is 5.73 Å². The van der Waals surface area contributed by atoms with E-state index in [9.17, 15) is 4.79 Å². The zero-order valence-electron chi connectivity index (χ0n) is 6.43. The van der Waals surface area contributed by atoms with E-state index in [0.717, 1.165) is 18.1 Å². The lowest BCUT2D eigenvalue weighted by Crippen LogP contribution is -2.55. The van der Waals surface area contributed by atoms with Crippen LogP contribution in [0.5, 0.6) is 0 Å². The maximum Gasteiger partial charge on any atom is 0.240 e. The molecule has 1 aromatic rings. The normalized spacial score (nSPS) is 22.0. The molecule has 1 unspecified atom stereocenters. The van der Waals surface area contributed by atoms with Crippen molar-refractivity contribution in [3.05, 3.63) is 11.6 Å². The summed E-state index contributed by atoms with van der Waals surface area (Å²) in [5, 5.41) is 2.79. The summed E-state index contributed by atoms with van der Waals surface area (Å²) >= 11 is 1.54. The first-order valence-corrected chi connectivity index (χ1v) is 4.62. The summed E-state index contributed by atoms with van der Waals surface area (Å²) in [6.45, 7) is 0.890. The fourth-order valence-corrected chi connectivity index (χ4v) is 1.99. The Kier molecular flexibility index (Phi) is 1.73. The van der Waals surface area contributed by atoms with Crippen molar-refractivity contribution in [2.45, 2.75) is 12.5 Å². The molecule has 1 fully saturated rings. The monoisotopic (exact) mass is 183 g/mol. The fraction of sp³-hybridized carbons (Fsp3) is 0.429. The minimum absolute atomic E-state index is 0.129. The largest absolute Gasteiger partial charge is 0.368 e. The van der Waals surface area contributed by atoms with Crippen LogP contribution in [0, 0.1) is 0 Å². The van der Waals surface area contributed by atoms with Gasteiger partial charge in [-0.25, -0.2) is 4.98 Å². The number of hydrogen-bond donors (Lipinski definition) is 1. The Morgan fingerprint density at radius 3 is 3.08 bits per heavy atom. The molecule has 1 aliphatic heterocycles. The third-order valence-corrected chi connectivity index (χ3v) is 2.82. The highest BCUT2D eigenvalue weighted by Gasteiger charge is 2.33. The molecule has 2 heterocycles. The highest BCUT2D eigenvalue weighted by molar-refractivity contribution is 7.13. The molecule has 0 aromatic carbocycles. The summed E-state index contributed by atoms with van der Waals surface area (Å²) in [4.78, 5) is 16.9. The molecule has 64 valence electrons. The second-order valence-electron chi connectivity index (χ2n) is 2.71. The number of anilines is 1. The molecule has 4 nitrogen and oxygen atoms in total. The van der Waals surface area contributed by atoms with E-state index in [0.29, 0.717) is 0 Å². The zero-order chi connectivity index (χ0) is 8.55. The van der Waals surface area contributed by atoms with Gasteiger partial charge in [0.25, 0.3) is 0 Å². The maximum atomic E-state index is 10.8. The van der Waals surface area contributed by atoms with Crippen LogP contribution >= 0.6 is 11.3 Å². The molecule has 1 saturated heterocycles. The van der Waals surface area contributed by atoms with Crippen LogP contribution in [0.4, 0.5) is 5.13 Å². The summed E-state index contributed by atoms with van der Waals surface area (Å²) in [5.74, 6) is -0.253. The summed E-state index contributed by atoms with van der Waals surface area (Å²) in [6.07, 6.45) is 2.59. The van der Waals surface area contributed by atoms with Gasteiger partial charge in [0.05, 0.1) is 0 Å². The average molecular weight is 183 g/mol. The lowest BCUT2D eigenvalue weighted by molar-refractivity contribution is -0.120. The van der Waals surface area contributed by atoms with Gasteiger partial charge < -0.3 is 10.6 Å². The third-order valence-electron chi connectivity index (χ3n) is 2.01. The first-order valence-electron chi connectivity index (χ1n) is 3.74. The molecule has 12 heavy (non-hydrogen) atoms. The SMILES string of the molecule is NC(=O)C1CCN1c1nccs1. The Morgan fingerprint density at radius 2 is 2.67 bits per heavy atom. The lowest BCUT2D eigenvalue weighted by atomic mass is 10.0. The Balaban J connectivity index is 2.12. The number of amides is 1. The van der Waals surface area contributed by atoms with Crippen LogP contribution in [0.2, 0.25) is 0 Å². The van der Waals surface area contributed by atoms with Crippen LogP contribution in [0.3, 0.4) is 0 Å². The van der Waals surface area contributed by atoms with Crippen molar-refractivity contribution in [2.75, 3.05) is 11.4 Å². The maximum absolute atomic E-state index is 10.8. The molecule has 1 atom stereocenters. The van der Waals surface area contributed by atoms with E-state index >= 15 is 0 Å². The lowest BCUT2D eigenvalue weighted by Gasteiger charge is -2.38. The van der Waals surface area contributed by atoms with Gasteiger partial charge in [-0.1, -0.05) is 0 Å². The number of nitrogens with two attached hydrogens (primary N) is 1. The second kappa shape index (κ2) is 2.75. The van der Waals surface area contributed by atoms with Crippen molar-refractivity contribution >= 4 is 22.4 Å². The van der Waals surface area contributed by atoms with Crippen LogP contribution in [0.25, 0.3) is 0 Å². The van der Waals surface area contributed by atoms with E-state index in [1.54, 1.807) is 6.20 Å². The smallest absolute Gasteiger partial charge is 0.240 e. The van der Waals surface area contributed by atoms with Gasteiger partial charge in [-0.05, 0) is 6.42 Å². The molecule has 1 amide bonds. The van der Waals surface area contributed by atoms with Gasteiger partial charge >= 0.3 is 0 Å². The topological polar surface area (TPSA) is 59.2 Å². The Labute approximate surface area is 74.0 Å². The van der Waals surface area contributed by atoms with Crippen molar-refractivity contribution in [3.8, 4) is 0 Å². The first-order chi connectivity index (χ1) is 5.79. The van der Waals surface area contributed by atoms with Crippen LogP contribution in [0.1, 0.15) is 6.42 Å². The second-order valence-corrected chi connectivity index (χ2v) is 3.59. The van der Waals surface area contributed by atoms with Crippen molar-refractivity contribution in [3.63, 3.8) is 0 Å². The Bertz CT molecular complexity index is 285. The Morgan fingerprint density at radius 1 is 1.83 bits per heavy atom. The first kappa shape index (κ1) is 7.54. The minimum atomic E-state index is -0.253. The molecule has 2 rings (SSSR count). The van der Waals surface area contributed by atoms with E-state index in [2.05, 4.69) is 4.98 Å². The molecular formula is C7H9N3OS. The number of aromatic nitrogens is 1. The van der Waals surface area contributed by atoms with Crippen molar-refractivity contribution in [1.82, 2.24) is 4.98 Å². The molecule has 0 spiro atoms. The van der Waals surface area contributed by atoms with Gasteiger partial charge in [-0.2, -0.15) is 0 Å². The Hall–Kier alpha value is -1.10. The number of primary amides is 1. The predicted molar refractivity (Wildman–Crippen MR) is 47.1 cm³/mol. The van der Waals surface area contributed by atoms with Gasteiger partial charge in [-0.3, -0.25) is 4.79 Å². The molecule has 0 bridgehead atoms. The molecule has 1 aliphatic rings. The summed E-state index contributed by atoms with van der Waals surface area (Å²) in [7, 11) is 0. The number of carbonyl (C=O) groups is 1. The summed E-state index contributed by atoms with van der Waals surface area (Å²) in [6, 6.07) is -0.129. The molecule has 0 radical (unpaired) electrons. The quantitative estimate of drug-likeness (QED) is 0.713. The summed E-state index contributed by atoms with van der Waals surface area (Å²) in [5.41, 5.74) is 5.19. The van der Waals surface area contributed by atoms with Gasteiger partial charge in [-0.15, -0.1) is 11.3 Å². The van der Waals surface area contributed by atoms with Crippen LogP contribution in [-0.2, 0) is 4.79 Å². The standard InChI is InChI=1S/C7H9N3OS/c8-6(11)5-1-3-10(5)7-9-2-4-12-7/h2,4-5H,1,3H2,(H2,8,11). The number of hydrogen-bond acceptors (Lipinski definition) is 4. The van der Waals surface area contributed by atoms with Crippen molar-refractivity contribution < 1.29 is 4.79 Å².